The minimum atomic E-state index is -0.204. The number of rotatable bonds is 6. The van der Waals surface area contributed by atoms with Gasteiger partial charge in [-0.15, -0.1) is 0 Å². The summed E-state index contributed by atoms with van der Waals surface area (Å²) < 4.78 is 0. The molecule has 0 aliphatic heterocycles. The summed E-state index contributed by atoms with van der Waals surface area (Å²) in [4.78, 5) is 24.0. The van der Waals surface area contributed by atoms with Crippen molar-refractivity contribution in [2.24, 2.45) is 5.92 Å². The average molecular weight is 341 g/mol. The summed E-state index contributed by atoms with van der Waals surface area (Å²) in [6, 6.07) is 5.39. The minimum Gasteiger partial charge on any atom is -0.338 e. The first-order chi connectivity index (χ1) is 12.1. The van der Waals surface area contributed by atoms with Crippen LogP contribution in [0.5, 0.6) is 0 Å². The molecule has 1 aromatic rings. The highest BCUT2D eigenvalue weighted by molar-refractivity contribution is 5.96. The van der Waals surface area contributed by atoms with E-state index in [1.165, 1.54) is 24.8 Å². The molecule has 1 aromatic carbocycles. The van der Waals surface area contributed by atoms with Gasteiger partial charge in [-0.25, -0.2) is 4.79 Å². The Morgan fingerprint density at radius 3 is 2.72 bits per heavy atom. The Balaban J connectivity index is 1.49. The molecule has 3 N–H and O–H groups in total. The molecule has 0 saturated heterocycles. The number of urea groups is 1. The van der Waals surface area contributed by atoms with Gasteiger partial charge < -0.3 is 16.0 Å². The number of carbonyl (C=O) groups is 2. The van der Waals surface area contributed by atoms with E-state index in [1.807, 2.05) is 25.1 Å². The van der Waals surface area contributed by atoms with Crippen LogP contribution < -0.4 is 16.0 Å². The monoisotopic (exact) mass is 341 g/mol. The van der Waals surface area contributed by atoms with Crippen LogP contribution in [-0.2, 0) is 4.79 Å². The summed E-state index contributed by atoms with van der Waals surface area (Å²) >= 11 is 0. The first kappa shape index (κ1) is 17.5. The van der Waals surface area contributed by atoms with Crippen molar-refractivity contribution < 1.29 is 9.59 Å². The largest absolute Gasteiger partial charge is 0.338 e. The number of nitrogens with one attached hydrogen (secondary N) is 3. The Bertz CT molecular complexity index is 678. The van der Waals surface area contributed by atoms with E-state index in [0.717, 1.165) is 42.6 Å². The molecule has 0 aromatic heterocycles. The first-order valence-electron chi connectivity index (χ1n) is 9.26. The fourth-order valence-corrected chi connectivity index (χ4v) is 3.06. The second-order valence-electron chi connectivity index (χ2n) is 7.03. The Hall–Kier alpha value is -2.30. The summed E-state index contributed by atoms with van der Waals surface area (Å²) in [5.74, 6) is 0.232. The van der Waals surface area contributed by atoms with E-state index in [2.05, 4.69) is 22.0 Å². The second-order valence-corrected chi connectivity index (χ2v) is 7.03. The fraction of sp³-hybridized carbons (Fsp3) is 0.500. The lowest BCUT2D eigenvalue weighted by atomic mass is 9.97. The number of anilines is 2. The van der Waals surface area contributed by atoms with Crippen molar-refractivity contribution in [2.75, 3.05) is 17.2 Å². The number of carbonyl (C=O) groups excluding carboxylic acids is 2. The maximum Gasteiger partial charge on any atom is 0.319 e. The van der Waals surface area contributed by atoms with Crippen molar-refractivity contribution in [2.45, 2.75) is 51.9 Å². The van der Waals surface area contributed by atoms with Gasteiger partial charge in [0.1, 0.15) is 0 Å². The molecule has 2 aliphatic rings. The Kier molecular flexibility index (Phi) is 5.74. The second kappa shape index (κ2) is 8.19. The van der Waals surface area contributed by atoms with Crippen LogP contribution in [0, 0.1) is 12.8 Å². The van der Waals surface area contributed by atoms with Crippen LogP contribution in [0.25, 0.3) is 0 Å². The van der Waals surface area contributed by atoms with E-state index < -0.39 is 0 Å². The van der Waals surface area contributed by atoms with Gasteiger partial charge in [-0.3, -0.25) is 4.79 Å². The molecule has 1 saturated carbocycles. The quantitative estimate of drug-likeness (QED) is 0.673. The van der Waals surface area contributed by atoms with Crippen molar-refractivity contribution in [1.82, 2.24) is 5.32 Å². The van der Waals surface area contributed by atoms with E-state index in [4.69, 9.17) is 0 Å². The first-order valence-corrected chi connectivity index (χ1v) is 9.26. The van der Waals surface area contributed by atoms with Gasteiger partial charge in [0.05, 0.1) is 0 Å². The summed E-state index contributed by atoms with van der Waals surface area (Å²) in [5.41, 5.74) is 3.87. The van der Waals surface area contributed by atoms with Gasteiger partial charge in [0.15, 0.2) is 0 Å². The van der Waals surface area contributed by atoms with Crippen molar-refractivity contribution in [3.05, 3.63) is 35.4 Å². The molecule has 2 aliphatic carbocycles. The maximum absolute atomic E-state index is 12.1. The molecule has 5 heteroatoms. The molecule has 0 atom stereocenters. The molecule has 25 heavy (non-hydrogen) atoms. The SMILES string of the molecule is Cc1ccc(NC(=O)C2CC2)cc1NC(=O)NCCC1=CCCCC1. The highest BCUT2D eigenvalue weighted by Crippen LogP contribution is 2.30. The third kappa shape index (κ3) is 5.34. The molecule has 0 radical (unpaired) electrons. The molecule has 0 unspecified atom stereocenters. The van der Waals surface area contributed by atoms with Crippen molar-refractivity contribution >= 4 is 23.3 Å². The van der Waals surface area contributed by atoms with Gasteiger partial charge >= 0.3 is 6.03 Å². The van der Waals surface area contributed by atoms with Crippen LogP contribution in [-0.4, -0.2) is 18.5 Å². The summed E-state index contributed by atoms with van der Waals surface area (Å²) in [6.07, 6.45) is 10.0. The molecule has 134 valence electrons. The minimum absolute atomic E-state index is 0.0695. The number of aryl methyl sites for hydroxylation is 1. The number of amides is 3. The van der Waals surface area contributed by atoms with Crippen LogP contribution in [0.4, 0.5) is 16.2 Å². The van der Waals surface area contributed by atoms with Crippen LogP contribution in [0.2, 0.25) is 0 Å². The highest BCUT2D eigenvalue weighted by Gasteiger charge is 2.29. The molecule has 3 amide bonds. The molecular weight excluding hydrogens is 314 g/mol. The predicted molar refractivity (Wildman–Crippen MR) is 101 cm³/mol. The molecule has 3 rings (SSSR count). The predicted octanol–water partition coefficient (Wildman–Crippen LogP) is 4.36. The third-order valence-corrected chi connectivity index (χ3v) is 4.82. The Morgan fingerprint density at radius 1 is 1.16 bits per heavy atom. The average Bonchev–Trinajstić information content (AvgIpc) is 3.44. The Labute approximate surface area is 149 Å². The van der Waals surface area contributed by atoms with E-state index >= 15 is 0 Å². The summed E-state index contributed by atoms with van der Waals surface area (Å²) in [6.45, 7) is 2.59. The Morgan fingerprint density at radius 2 is 2.00 bits per heavy atom. The van der Waals surface area contributed by atoms with Gasteiger partial charge in [-0.05, 0) is 69.6 Å². The molecule has 1 fully saturated rings. The van der Waals surface area contributed by atoms with E-state index in [1.54, 1.807) is 0 Å². The smallest absolute Gasteiger partial charge is 0.319 e. The van der Waals surface area contributed by atoms with E-state index in [9.17, 15) is 9.59 Å². The molecule has 0 spiro atoms. The maximum atomic E-state index is 12.1. The van der Waals surface area contributed by atoms with Crippen molar-refractivity contribution in [3.63, 3.8) is 0 Å². The normalized spacial score (nSPS) is 16.8. The number of benzene rings is 1. The molecule has 0 heterocycles. The topological polar surface area (TPSA) is 70.2 Å². The summed E-state index contributed by atoms with van der Waals surface area (Å²) in [5, 5.41) is 8.71. The lowest BCUT2D eigenvalue weighted by Crippen LogP contribution is -2.30. The number of allylic oxidation sites excluding steroid dienone is 1. The van der Waals surface area contributed by atoms with Crippen molar-refractivity contribution in [1.29, 1.82) is 0 Å². The zero-order valence-electron chi connectivity index (χ0n) is 14.9. The summed E-state index contributed by atoms with van der Waals surface area (Å²) in [7, 11) is 0. The lowest BCUT2D eigenvalue weighted by Gasteiger charge is -2.14. The molecular formula is C20H27N3O2. The highest BCUT2D eigenvalue weighted by atomic mass is 16.2. The fourth-order valence-electron chi connectivity index (χ4n) is 3.06. The lowest BCUT2D eigenvalue weighted by molar-refractivity contribution is -0.117. The van der Waals surface area contributed by atoms with E-state index in [-0.39, 0.29) is 17.9 Å². The molecule has 0 bridgehead atoms. The van der Waals surface area contributed by atoms with Gasteiger partial charge in [0, 0.05) is 23.8 Å². The van der Waals surface area contributed by atoms with Gasteiger partial charge in [0.2, 0.25) is 5.91 Å². The zero-order chi connectivity index (χ0) is 17.6. The van der Waals surface area contributed by atoms with E-state index in [0.29, 0.717) is 6.54 Å². The van der Waals surface area contributed by atoms with Gasteiger partial charge in [0.25, 0.3) is 0 Å². The van der Waals surface area contributed by atoms with Gasteiger partial charge in [-0.1, -0.05) is 17.7 Å². The number of hydrogen-bond acceptors (Lipinski definition) is 2. The van der Waals surface area contributed by atoms with Crippen molar-refractivity contribution in [3.8, 4) is 0 Å². The molecule has 5 nitrogen and oxygen atoms in total. The van der Waals surface area contributed by atoms with Crippen LogP contribution in [0.15, 0.2) is 29.8 Å². The van der Waals surface area contributed by atoms with Crippen LogP contribution in [0.1, 0.15) is 50.5 Å². The number of hydrogen-bond donors (Lipinski definition) is 3. The van der Waals surface area contributed by atoms with Gasteiger partial charge in [-0.2, -0.15) is 0 Å². The standard InChI is InChI=1S/C20H27N3O2/c1-14-7-10-17(22-19(24)16-8-9-16)13-18(14)23-20(25)21-12-11-15-5-3-2-4-6-15/h5,7,10,13,16H,2-4,6,8-9,11-12H2,1H3,(H,22,24)(H2,21,23,25). The zero-order valence-corrected chi connectivity index (χ0v) is 14.9. The van der Waals surface area contributed by atoms with Crippen LogP contribution >= 0.6 is 0 Å². The van der Waals surface area contributed by atoms with Crippen LogP contribution in [0.3, 0.4) is 0 Å². The third-order valence-electron chi connectivity index (χ3n) is 4.82.